The van der Waals surface area contributed by atoms with Gasteiger partial charge < -0.3 is 14.8 Å². The van der Waals surface area contributed by atoms with Crippen molar-refractivity contribution in [2.24, 2.45) is 0 Å². The Balaban J connectivity index is 2.46. The van der Waals surface area contributed by atoms with Crippen LogP contribution >= 0.6 is 15.9 Å². The molecule has 26 heavy (non-hydrogen) atoms. The number of methoxy groups -OCH3 is 2. The Labute approximate surface area is 158 Å². The van der Waals surface area contributed by atoms with E-state index in [4.69, 9.17) is 0 Å². The second-order valence-corrected chi connectivity index (χ2v) is 5.85. The number of nitrogens with zero attached hydrogens (tertiary/aromatic N) is 1. The first-order chi connectivity index (χ1) is 12.5. The van der Waals surface area contributed by atoms with Gasteiger partial charge in [0.1, 0.15) is 11.4 Å². The molecule has 0 fully saturated rings. The summed E-state index contributed by atoms with van der Waals surface area (Å²) in [6, 6.07) is 9.84. The molecule has 1 aromatic heterocycles. The van der Waals surface area contributed by atoms with Crippen LogP contribution in [0.5, 0.6) is 0 Å². The molecule has 7 nitrogen and oxygen atoms in total. The number of hydrogen-bond donors (Lipinski definition) is 1. The van der Waals surface area contributed by atoms with Crippen molar-refractivity contribution in [1.29, 1.82) is 0 Å². The number of aromatic nitrogens is 1. The van der Waals surface area contributed by atoms with Crippen LogP contribution in [0.4, 0.5) is 5.69 Å². The Kier molecular flexibility index (Phi) is 6.62. The number of pyridine rings is 1. The zero-order valence-corrected chi connectivity index (χ0v) is 15.6. The average molecular weight is 419 g/mol. The van der Waals surface area contributed by atoms with E-state index < -0.39 is 11.9 Å². The number of esters is 2. The normalized spacial score (nSPS) is 10.8. The first kappa shape index (κ1) is 19.3. The lowest BCUT2D eigenvalue weighted by atomic mass is 10.1. The van der Waals surface area contributed by atoms with E-state index in [-0.39, 0.29) is 22.7 Å². The van der Waals surface area contributed by atoms with E-state index in [2.05, 4.69) is 35.7 Å². The molecule has 0 aliphatic rings. The molecule has 8 heteroatoms. The molecule has 0 atom stereocenters. The molecule has 0 amide bonds. The molecule has 0 saturated heterocycles. The highest BCUT2D eigenvalue weighted by Crippen LogP contribution is 2.25. The number of hydrogen-bond acceptors (Lipinski definition) is 7. The summed E-state index contributed by atoms with van der Waals surface area (Å²) < 4.78 is 9.85. The number of ether oxygens (including phenoxy) is 2. The fourth-order valence-electron chi connectivity index (χ4n) is 2.03. The van der Waals surface area contributed by atoms with Crippen LogP contribution in [0.2, 0.25) is 0 Å². The minimum atomic E-state index is -0.783. The predicted molar refractivity (Wildman–Crippen MR) is 97.5 cm³/mol. The van der Waals surface area contributed by atoms with Crippen molar-refractivity contribution in [1.82, 2.24) is 4.98 Å². The smallest absolute Gasteiger partial charge is 0.354 e. The van der Waals surface area contributed by atoms with Gasteiger partial charge in [-0.3, -0.25) is 9.78 Å². The molecular formula is C18H15BrN2O5. The van der Waals surface area contributed by atoms with Gasteiger partial charge in [-0.15, -0.1) is 0 Å². The maximum atomic E-state index is 12.8. The number of carbonyl (C=O) groups is 3. The summed E-state index contributed by atoms with van der Waals surface area (Å²) in [5, 5.41) is 2.76. The van der Waals surface area contributed by atoms with Gasteiger partial charge in [-0.2, -0.15) is 0 Å². The first-order valence-electron chi connectivity index (χ1n) is 7.36. The standard InChI is InChI=1S/C18H15BrN2O5/c1-25-16(22)10-15(18(24)26-2)21-13-7-6-11(19)9-12(13)17(23)14-5-3-4-8-20-14/h3-10,21H,1-2H3/b15-10+. The molecule has 0 spiro atoms. The van der Waals surface area contributed by atoms with Crippen LogP contribution in [0, 0.1) is 0 Å². The zero-order chi connectivity index (χ0) is 19.1. The topological polar surface area (TPSA) is 94.6 Å². The lowest BCUT2D eigenvalue weighted by Crippen LogP contribution is -2.17. The molecule has 0 radical (unpaired) electrons. The number of carbonyl (C=O) groups excluding carboxylic acids is 3. The van der Waals surface area contributed by atoms with Crippen molar-refractivity contribution in [3.8, 4) is 0 Å². The van der Waals surface area contributed by atoms with Gasteiger partial charge in [-0.05, 0) is 30.3 Å². The average Bonchev–Trinajstić information content (AvgIpc) is 2.67. The fourth-order valence-corrected chi connectivity index (χ4v) is 2.39. The van der Waals surface area contributed by atoms with E-state index in [1.807, 2.05) is 0 Å². The summed E-state index contributed by atoms with van der Waals surface area (Å²) in [4.78, 5) is 40.2. The maximum absolute atomic E-state index is 12.8. The molecule has 0 aliphatic heterocycles. The van der Waals surface area contributed by atoms with Gasteiger partial charge in [0, 0.05) is 16.2 Å². The number of anilines is 1. The summed E-state index contributed by atoms with van der Waals surface area (Å²) in [5.41, 5.74) is 0.643. The highest BCUT2D eigenvalue weighted by atomic mass is 79.9. The van der Waals surface area contributed by atoms with E-state index in [1.165, 1.54) is 20.4 Å². The molecule has 0 saturated carbocycles. The lowest BCUT2D eigenvalue weighted by molar-refractivity contribution is -0.138. The molecule has 0 bridgehead atoms. The highest BCUT2D eigenvalue weighted by molar-refractivity contribution is 9.10. The van der Waals surface area contributed by atoms with Gasteiger partial charge >= 0.3 is 11.9 Å². The van der Waals surface area contributed by atoms with Crippen LogP contribution in [0.1, 0.15) is 16.1 Å². The molecule has 0 unspecified atom stereocenters. The van der Waals surface area contributed by atoms with Crippen LogP contribution in [0.3, 0.4) is 0 Å². The number of halogens is 1. The third kappa shape index (κ3) is 4.76. The van der Waals surface area contributed by atoms with Crippen molar-refractivity contribution < 1.29 is 23.9 Å². The van der Waals surface area contributed by atoms with Crippen LogP contribution in [0.25, 0.3) is 0 Å². The molecule has 1 N–H and O–H groups in total. The van der Waals surface area contributed by atoms with Crippen LogP contribution in [0.15, 0.2) is 58.8 Å². The number of rotatable bonds is 6. The quantitative estimate of drug-likeness (QED) is 0.437. The summed E-state index contributed by atoms with van der Waals surface area (Å²) in [7, 11) is 2.36. The maximum Gasteiger partial charge on any atom is 0.354 e. The summed E-state index contributed by atoms with van der Waals surface area (Å²) in [6.07, 6.45) is 2.46. The minimum absolute atomic E-state index is 0.170. The monoisotopic (exact) mass is 418 g/mol. The van der Waals surface area contributed by atoms with Crippen molar-refractivity contribution in [2.75, 3.05) is 19.5 Å². The van der Waals surface area contributed by atoms with E-state index in [1.54, 1.807) is 36.4 Å². The Bertz CT molecular complexity index is 865. The van der Waals surface area contributed by atoms with Gasteiger partial charge in [-0.25, -0.2) is 9.59 Å². The summed E-state index contributed by atoms with van der Waals surface area (Å²) in [6.45, 7) is 0. The summed E-state index contributed by atoms with van der Waals surface area (Å²) >= 11 is 3.32. The SMILES string of the molecule is COC(=O)/C=C(/Nc1ccc(Br)cc1C(=O)c1ccccn1)C(=O)OC. The van der Waals surface area contributed by atoms with Gasteiger partial charge in [0.05, 0.1) is 26.0 Å². The fraction of sp³-hybridized carbons (Fsp3) is 0.111. The van der Waals surface area contributed by atoms with Crippen molar-refractivity contribution in [2.45, 2.75) is 0 Å². The molecule has 2 rings (SSSR count). The van der Waals surface area contributed by atoms with Crippen LogP contribution in [-0.4, -0.2) is 36.9 Å². The highest BCUT2D eigenvalue weighted by Gasteiger charge is 2.19. The molecule has 2 aromatic rings. The first-order valence-corrected chi connectivity index (χ1v) is 8.15. The summed E-state index contributed by atoms with van der Waals surface area (Å²) in [5.74, 6) is -1.88. The number of nitrogens with one attached hydrogen (secondary N) is 1. The van der Waals surface area contributed by atoms with Crippen molar-refractivity contribution in [3.05, 3.63) is 70.1 Å². The van der Waals surface area contributed by atoms with E-state index in [0.29, 0.717) is 10.2 Å². The molecular weight excluding hydrogens is 404 g/mol. The molecule has 1 aromatic carbocycles. The largest absolute Gasteiger partial charge is 0.466 e. The Morgan fingerprint density at radius 3 is 2.50 bits per heavy atom. The Hall–Kier alpha value is -3.00. The number of ketones is 1. The Morgan fingerprint density at radius 1 is 1.12 bits per heavy atom. The molecule has 0 aliphatic carbocycles. The second-order valence-electron chi connectivity index (χ2n) is 4.93. The van der Waals surface area contributed by atoms with Gasteiger partial charge in [0.25, 0.3) is 0 Å². The van der Waals surface area contributed by atoms with Gasteiger partial charge in [-0.1, -0.05) is 22.0 Å². The van der Waals surface area contributed by atoms with Crippen LogP contribution < -0.4 is 5.32 Å². The third-order valence-corrected chi connectivity index (χ3v) is 3.76. The van der Waals surface area contributed by atoms with Gasteiger partial charge in [0.2, 0.25) is 5.78 Å². The second kappa shape index (κ2) is 8.91. The number of benzene rings is 1. The third-order valence-electron chi connectivity index (χ3n) is 3.26. The van der Waals surface area contributed by atoms with E-state index in [0.717, 1.165) is 6.08 Å². The van der Waals surface area contributed by atoms with E-state index >= 15 is 0 Å². The van der Waals surface area contributed by atoms with E-state index in [9.17, 15) is 14.4 Å². The predicted octanol–water partition coefficient (Wildman–Crippen LogP) is 2.72. The van der Waals surface area contributed by atoms with Gasteiger partial charge in [0.15, 0.2) is 0 Å². The zero-order valence-electron chi connectivity index (χ0n) is 14.0. The molecule has 134 valence electrons. The molecule has 1 heterocycles. The minimum Gasteiger partial charge on any atom is -0.466 e. The Morgan fingerprint density at radius 2 is 1.88 bits per heavy atom. The van der Waals surface area contributed by atoms with Crippen molar-refractivity contribution >= 4 is 39.3 Å². The van der Waals surface area contributed by atoms with Crippen LogP contribution in [-0.2, 0) is 19.1 Å². The lowest BCUT2D eigenvalue weighted by Gasteiger charge is -2.13. The van der Waals surface area contributed by atoms with Crippen molar-refractivity contribution in [3.63, 3.8) is 0 Å².